The summed E-state index contributed by atoms with van der Waals surface area (Å²) in [5.74, 6) is 0. The van der Waals surface area contributed by atoms with Gasteiger partial charge in [-0.3, -0.25) is 0 Å². The summed E-state index contributed by atoms with van der Waals surface area (Å²) in [5, 5.41) is 0. The van der Waals surface area contributed by atoms with Crippen LogP contribution in [0, 0.1) is 0 Å². The number of hydrogen-bond acceptors (Lipinski definition) is 1. The van der Waals surface area contributed by atoms with Gasteiger partial charge in [-0.2, -0.15) is 13.2 Å². The molecule has 0 amide bonds. The molecule has 1 unspecified atom stereocenters. The summed E-state index contributed by atoms with van der Waals surface area (Å²) in [6.07, 6.45) is -2.97. The van der Waals surface area contributed by atoms with Crippen molar-refractivity contribution in [3.63, 3.8) is 0 Å². The van der Waals surface area contributed by atoms with E-state index in [9.17, 15) is 13.2 Å². The van der Waals surface area contributed by atoms with Gasteiger partial charge >= 0.3 is 6.18 Å². The zero-order valence-corrected chi connectivity index (χ0v) is 8.54. The van der Waals surface area contributed by atoms with Gasteiger partial charge in [-0.05, 0) is 19.4 Å². The van der Waals surface area contributed by atoms with Gasteiger partial charge in [0.05, 0.1) is 10.4 Å². The summed E-state index contributed by atoms with van der Waals surface area (Å²) in [5.41, 5.74) is 5.35. The highest BCUT2D eigenvalue weighted by atomic mass is 79.9. The second-order valence-electron chi connectivity index (χ2n) is 3.01. The van der Waals surface area contributed by atoms with Crippen LogP contribution in [0.15, 0.2) is 22.9 Å². The third-order valence-electron chi connectivity index (χ3n) is 1.92. The molecule has 74 valence electrons. The van der Waals surface area contributed by atoms with E-state index in [-0.39, 0.29) is 10.5 Å². The van der Waals surface area contributed by atoms with E-state index in [1.165, 1.54) is 6.92 Å². The molecule has 0 fully saturated rings. The minimum atomic E-state index is -4.29. The molecule has 0 spiro atoms. The lowest BCUT2D eigenvalue weighted by molar-refractivity contribution is -0.0893. The smallest absolute Gasteiger partial charge is 0.401 e. The van der Waals surface area contributed by atoms with Gasteiger partial charge in [-0.1, -0.05) is 21.5 Å². The zero-order valence-electron chi connectivity index (χ0n) is 6.95. The molecular formula is C8H9BrF3N. The molecule has 0 saturated heterocycles. The highest BCUT2D eigenvalue weighted by Crippen LogP contribution is 2.36. The molecule has 0 aliphatic heterocycles. The normalized spacial score (nSPS) is 24.7. The van der Waals surface area contributed by atoms with Crippen molar-refractivity contribution < 1.29 is 13.2 Å². The van der Waals surface area contributed by atoms with E-state index in [4.69, 9.17) is 5.73 Å². The number of hydrogen-bond donors (Lipinski definition) is 1. The summed E-state index contributed by atoms with van der Waals surface area (Å²) < 4.78 is 37.0. The van der Waals surface area contributed by atoms with E-state index in [1.54, 1.807) is 0 Å². The molecule has 0 aromatic carbocycles. The molecule has 1 atom stereocenters. The summed E-state index contributed by atoms with van der Waals surface area (Å²) in [7, 11) is 0. The Kier molecular flexibility index (Phi) is 2.75. The molecule has 2 N–H and O–H groups in total. The number of rotatable bonds is 0. The van der Waals surface area contributed by atoms with E-state index < -0.39 is 11.7 Å². The molecule has 0 aromatic rings. The van der Waals surface area contributed by atoms with Crippen LogP contribution < -0.4 is 5.73 Å². The Bertz CT molecular complexity index is 278. The number of nitrogens with two attached hydrogens (primary N) is 1. The highest BCUT2D eigenvalue weighted by Gasteiger charge is 2.36. The van der Waals surface area contributed by atoms with E-state index in [0.717, 1.165) is 6.08 Å². The van der Waals surface area contributed by atoms with Crippen molar-refractivity contribution in [1.82, 2.24) is 0 Å². The molecule has 0 radical (unpaired) electrons. The van der Waals surface area contributed by atoms with Crippen LogP contribution in [0.2, 0.25) is 0 Å². The number of alkyl halides is 4. The van der Waals surface area contributed by atoms with Gasteiger partial charge < -0.3 is 5.73 Å². The van der Waals surface area contributed by atoms with Crippen LogP contribution in [0.5, 0.6) is 0 Å². The first kappa shape index (κ1) is 10.6. The molecule has 0 bridgehead atoms. The van der Waals surface area contributed by atoms with Crippen molar-refractivity contribution in [1.29, 1.82) is 0 Å². The molecular weight excluding hydrogens is 247 g/mol. The minimum absolute atomic E-state index is 0.168. The third kappa shape index (κ3) is 2.27. The fourth-order valence-corrected chi connectivity index (χ4v) is 1.82. The van der Waals surface area contributed by atoms with Crippen molar-refractivity contribution in [2.24, 2.45) is 5.73 Å². The van der Waals surface area contributed by atoms with E-state index >= 15 is 0 Å². The van der Waals surface area contributed by atoms with Gasteiger partial charge in [0.25, 0.3) is 0 Å². The summed E-state index contributed by atoms with van der Waals surface area (Å²) >= 11 is 3.19. The fraction of sp³-hybridized carbons (Fsp3) is 0.500. The van der Waals surface area contributed by atoms with Crippen molar-refractivity contribution in [3.05, 3.63) is 22.9 Å². The Morgan fingerprint density at radius 1 is 1.54 bits per heavy atom. The zero-order chi connectivity index (χ0) is 10.2. The molecule has 1 nitrogen and oxygen atoms in total. The summed E-state index contributed by atoms with van der Waals surface area (Å²) in [6.45, 7) is 1.47. The topological polar surface area (TPSA) is 26.0 Å². The van der Waals surface area contributed by atoms with Crippen LogP contribution in [-0.2, 0) is 0 Å². The predicted octanol–water partition coefficient (Wildman–Crippen LogP) is 2.88. The second kappa shape index (κ2) is 3.36. The predicted molar refractivity (Wildman–Crippen MR) is 48.4 cm³/mol. The number of allylic oxidation sites excluding steroid dienone is 4. The lowest BCUT2D eigenvalue weighted by Gasteiger charge is -2.21. The van der Waals surface area contributed by atoms with Crippen molar-refractivity contribution in [3.8, 4) is 0 Å². The lowest BCUT2D eigenvalue weighted by Crippen LogP contribution is -2.22. The van der Waals surface area contributed by atoms with Gasteiger partial charge in [-0.25, -0.2) is 0 Å². The molecule has 0 heterocycles. The average Bonchev–Trinajstić information content (AvgIpc) is 1.94. The van der Waals surface area contributed by atoms with Crippen molar-refractivity contribution in [2.75, 3.05) is 0 Å². The first-order valence-corrected chi connectivity index (χ1v) is 4.62. The van der Waals surface area contributed by atoms with Crippen molar-refractivity contribution >= 4 is 15.9 Å². The Hall–Kier alpha value is -0.450. The monoisotopic (exact) mass is 255 g/mol. The van der Waals surface area contributed by atoms with Crippen LogP contribution >= 0.6 is 15.9 Å². The van der Waals surface area contributed by atoms with Gasteiger partial charge in [0, 0.05) is 5.70 Å². The third-order valence-corrected chi connectivity index (χ3v) is 2.78. The molecule has 5 heteroatoms. The van der Waals surface area contributed by atoms with Crippen LogP contribution in [-0.4, -0.2) is 11.0 Å². The molecule has 13 heavy (non-hydrogen) atoms. The van der Waals surface area contributed by atoms with E-state index in [2.05, 4.69) is 15.9 Å². The highest BCUT2D eigenvalue weighted by molar-refractivity contribution is 9.09. The summed E-state index contributed by atoms with van der Waals surface area (Å²) in [6, 6.07) is 0. The van der Waals surface area contributed by atoms with Gasteiger partial charge in [0.15, 0.2) is 0 Å². The van der Waals surface area contributed by atoms with Gasteiger partial charge in [-0.15, -0.1) is 0 Å². The maximum absolute atomic E-state index is 12.3. The molecule has 1 aliphatic carbocycles. The maximum Gasteiger partial charge on any atom is 0.416 e. The molecule has 0 saturated carbocycles. The van der Waals surface area contributed by atoms with Crippen LogP contribution in [0.25, 0.3) is 0 Å². The van der Waals surface area contributed by atoms with Gasteiger partial charge in [0.1, 0.15) is 0 Å². The Balaban J connectivity index is 3.05. The van der Waals surface area contributed by atoms with Crippen molar-refractivity contribution in [2.45, 2.75) is 24.3 Å². The van der Waals surface area contributed by atoms with Crippen LogP contribution in [0.3, 0.4) is 0 Å². The van der Waals surface area contributed by atoms with Crippen LogP contribution in [0.1, 0.15) is 13.3 Å². The lowest BCUT2D eigenvalue weighted by atomic mass is 9.96. The van der Waals surface area contributed by atoms with Gasteiger partial charge in [0.2, 0.25) is 0 Å². The Morgan fingerprint density at radius 2 is 2.08 bits per heavy atom. The van der Waals surface area contributed by atoms with Crippen LogP contribution in [0.4, 0.5) is 13.2 Å². The first-order chi connectivity index (χ1) is 5.82. The Morgan fingerprint density at radius 3 is 2.54 bits per heavy atom. The molecule has 1 rings (SSSR count). The quantitative estimate of drug-likeness (QED) is 0.662. The minimum Gasteiger partial charge on any atom is -0.401 e. The average molecular weight is 256 g/mol. The van der Waals surface area contributed by atoms with E-state index in [0.29, 0.717) is 12.0 Å². The maximum atomic E-state index is 12.3. The van der Waals surface area contributed by atoms with E-state index in [1.807, 2.05) is 0 Å². The molecule has 1 aliphatic rings. The fourth-order valence-electron chi connectivity index (χ4n) is 1.20. The number of halogens is 4. The Labute approximate surface area is 82.6 Å². The summed E-state index contributed by atoms with van der Waals surface area (Å²) in [4.78, 5) is -0.168. The molecule has 0 aromatic heterocycles. The second-order valence-corrected chi connectivity index (χ2v) is 4.11. The largest absolute Gasteiger partial charge is 0.416 e. The standard InChI is InChI=1S/C8H9BrF3N/c1-4-2-6(9)7(13)3-5(4)8(10,11)12/h3,6H,2,13H2,1H3. The SMILES string of the molecule is CC1=C(C(F)(F)F)C=C(N)C(Br)C1. The first-order valence-electron chi connectivity index (χ1n) is 3.70.